The number of rotatable bonds is 9. The Bertz CT molecular complexity index is 1130. The van der Waals surface area contributed by atoms with Crippen LogP contribution in [0.3, 0.4) is 0 Å². The van der Waals surface area contributed by atoms with Gasteiger partial charge < -0.3 is 19.6 Å². The summed E-state index contributed by atoms with van der Waals surface area (Å²) in [7, 11) is 0. The number of furan rings is 1. The number of anilines is 1. The largest absolute Gasteiger partial charge is 0.481 e. The highest BCUT2D eigenvalue weighted by atomic mass is 32.2. The van der Waals surface area contributed by atoms with Gasteiger partial charge in [0.1, 0.15) is 6.61 Å². The number of ether oxygens (including phenoxy) is 1. The molecule has 33 heavy (non-hydrogen) atoms. The Labute approximate surface area is 194 Å². The number of carbonyl (C=O) groups excluding carboxylic acids is 2. The number of carboxylic acids is 1. The van der Waals surface area contributed by atoms with Crippen LogP contribution in [-0.2, 0) is 9.53 Å². The second-order valence-electron chi connectivity index (χ2n) is 7.32. The Morgan fingerprint density at radius 1 is 1.00 bits per heavy atom. The molecule has 0 bridgehead atoms. The van der Waals surface area contributed by atoms with Crippen LogP contribution >= 0.6 is 11.8 Å². The number of hydrogen-bond donors (Lipinski definition) is 3. The van der Waals surface area contributed by atoms with Gasteiger partial charge in [-0.25, -0.2) is 4.79 Å². The third-order valence-corrected chi connectivity index (χ3v) is 6.15. The minimum absolute atomic E-state index is 0.0365. The second kappa shape index (κ2) is 10.3. The molecule has 1 aliphatic carbocycles. The van der Waals surface area contributed by atoms with Gasteiger partial charge >= 0.3 is 12.1 Å². The van der Waals surface area contributed by atoms with Crippen molar-refractivity contribution in [2.24, 2.45) is 0 Å². The molecule has 4 rings (SSSR count). The molecule has 170 valence electrons. The number of aliphatic carboxylic acids is 1. The van der Waals surface area contributed by atoms with Gasteiger partial charge in [0.15, 0.2) is 0 Å². The van der Waals surface area contributed by atoms with E-state index >= 15 is 0 Å². The van der Waals surface area contributed by atoms with Crippen LogP contribution in [0.15, 0.2) is 65.3 Å². The lowest BCUT2D eigenvalue weighted by Gasteiger charge is -2.14. The van der Waals surface area contributed by atoms with E-state index < -0.39 is 18.0 Å². The van der Waals surface area contributed by atoms with Crippen LogP contribution in [0.1, 0.15) is 27.6 Å². The molecule has 8 nitrogen and oxygen atoms in total. The Balaban J connectivity index is 1.33. The first-order valence-corrected chi connectivity index (χ1v) is 11.5. The van der Waals surface area contributed by atoms with Gasteiger partial charge in [0.25, 0.3) is 5.91 Å². The molecule has 0 atom stereocenters. The summed E-state index contributed by atoms with van der Waals surface area (Å²) >= 11 is 1.19. The Kier molecular flexibility index (Phi) is 6.99. The fraction of sp³-hybridized carbons (Fsp3) is 0.208. The summed E-state index contributed by atoms with van der Waals surface area (Å²) in [5.74, 6) is -1.14. The highest BCUT2D eigenvalue weighted by molar-refractivity contribution is 7.99. The summed E-state index contributed by atoms with van der Waals surface area (Å²) in [5, 5.41) is 13.8. The van der Waals surface area contributed by atoms with E-state index in [2.05, 4.69) is 22.8 Å². The second-order valence-corrected chi connectivity index (χ2v) is 8.42. The van der Waals surface area contributed by atoms with Crippen molar-refractivity contribution in [2.45, 2.75) is 5.92 Å². The zero-order chi connectivity index (χ0) is 23.2. The summed E-state index contributed by atoms with van der Waals surface area (Å²) in [6.45, 7) is 0.419. The van der Waals surface area contributed by atoms with E-state index in [4.69, 9.17) is 14.3 Å². The summed E-state index contributed by atoms with van der Waals surface area (Å²) < 4.78 is 10.7. The molecule has 0 aliphatic heterocycles. The van der Waals surface area contributed by atoms with Crippen LogP contribution in [0.5, 0.6) is 0 Å². The first-order valence-electron chi connectivity index (χ1n) is 10.3. The van der Waals surface area contributed by atoms with E-state index in [9.17, 15) is 14.4 Å². The molecule has 3 aromatic rings. The summed E-state index contributed by atoms with van der Waals surface area (Å²) in [4.78, 5) is 35.3. The summed E-state index contributed by atoms with van der Waals surface area (Å²) in [6, 6.07) is 17.6. The quantitative estimate of drug-likeness (QED) is 0.405. The Morgan fingerprint density at radius 3 is 2.33 bits per heavy atom. The number of carbonyl (C=O) groups is 3. The third kappa shape index (κ3) is 5.20. The molecular formula is C24H22N2O6S. The first-order chi connectivity index (χ1) is 16.0. The van der Waals surface area contributed by atoms with Crippen LogP contribution in [0.4, 0.5) is 10.5 Å². The molecule has 0 spiro atoms. The molecule has 1 aromatic heterocycles. The van der Waals surface area contributed by atoms with E-state index in [1.807, 2.05) is 36.4 Å². The van der Waals surface area contributed by atoms with Gasteiger partial charge in [-0.2, -0.15) is 0 Å². The molecule has 0 saturated carbocycles. The third-order valence-electron chi connectivity index (χ3n) is 5.21. The normalized spacial score (nSPS) is 12.0. The molecular weight excluding hydrogens is 444 g/mol. The fourth-order valence-corrected chi connectivity index (χ4v) is 4.37. The van der Waals surface area contributed by atoms with Gasteiger partial charge in [-0.15, -0.1) is 11.8 Å². The molecule has 0 unspecified atom stereocenters. The molecule has 9 heteroatoms. The van der Waals surface area contributed by atoms with Gasteiger partial charge in [-0.3, -0.25) is 14.9 Å². The van der Waals surface area contributed by atoms with Crippen LogP contribution < -0.4 is 10.6 Å². The molecule has 2 amide bonds. The number of hydrogen-bond acceptors (Lipinski definition) is 6. The lowest BCUT2D eigenvalue weighted by Crippen LogP contribution is -2.27. The van der Waals surface area contributed by atoms with Crippen molar-refractivity contribution >= 4 is 35.4 Å². The van der Waals surface area contributed by atoms with Gasteiger partial charge in [0, 0.05) is 24.3 Å². The maximum Gasteiger partial charge on any atom is 0.411 e. The van der Waals surface area contributed by atoms with Gasteiger partial charge in [0.2, 0.25) is 5.76 Å². The standard InChI is InChI=1S/C24H22N2O6S/c27-21(28)14-33-12-10-25-23(29)22-20(9-11-31-22)26-24(30)32-13-19-17-7-3-1-5-15(17)16-6-2-4-8-18(16)19/h1-9,11,19H,10,12-14H2,(H,25,29)(H,26,30)(H,27,28). The van der Waals surface area contributed by atoms with Crippen LogP contribution in [0.2, 0.25) is 0 Å². The molecule has 2 aromatic carbocycles. The first kappa shape index (κ1) is 22.5. The van der Waals surface area contributed by atoms with Crippen molar-refractivity contribution in [3.05, 3.63) is 77.7 Å². The number of carboxylic acid groups (broad SMARTS) is 1. The molecule has 3 N–H and O–H groups in total. The van der Waals surface area contributed by atoms with E-state index in [1.54, 1.807) is 0 Å². The van der Waals surface area contributed by atoms with Crippen molar-refractivity contribution in [1.29, 1.82) is 0 Å². The summed E-state index contributed by atoms with van der Waals surface area (Å²) in [5.41, 5.74) is 4.68. The lowest BCUT2D eigenvalue weighted by molar-refractivity contribution is -0.133. The highest BCUT2D eigenvalue weighted by Gasteiger charge is 2.29. The molecule has 0 saturated heterocycles. The molecule has 1 heterocycles. The van der Waals surface area contributed by atoms with E-state index in [-0.39, 0.29) is 36.3 Å². The monoisotopic (exact) mass is 466 g/mol. The Hall–Kier alpha value is -3.72. The topological polar surface area (TPSA) is 118 Å². The van der Waals surface area contributed by atoms with Gasteiger partial charge in [-0.05, 0) is 22.3 Å². The average molecular weight is 467 g/mol. The highest BCUT2D eigenvalue weighted by Crippen LogP contribution is 2.44. The maximum atomic E-state index is 12.5. The van der Waals surface area contributed by atoms with Crippen molar-refractivity contribution in [3.8, 4) is 11.1 Å². The van der Waals surface area contributed by atoms with Crippen molar-refractivity contribution in [3.63, 3.8) is 0 Å². The van der Waals surface area contributed by atoms with Crippen molar-refractivity contribution in [1.82, 2.24) is 5.32 Å². The van der Waals surface area contributed by atoms with Crippen molar-refractivity contribution < 1.29 is 28.6 Å². The number of amides is 2. The van der Waals surface area contributed by atoms with Crippen LogP contribution in [-0.4, -0.2) is 47.7 Å². The summed E-state index contributed by atoms with van der Waals surface area (Å²) in [6.07, 6.45) is 0.608. The number of thioether (sulfide) groups is 1. The van der Waals surface area contributed by atoms with Crippen LogP contribution in [0.25, 0.3) is 11.1 Å². The number of nitrogens with one attached hydrogen (secondary N) is 2. The predicted octanol–water partition coefficient (Wildman–Crippen LogP) is 4.19. The average Bonchev–Trinajstić information content (AvgIpc) is 3.39. The van der Waals surface area contributed by atoms with E-state index in [0.717, 1.165) is 22.3 Å². The van der Waals surface area contributed by atoms with Gasteiger partial charge in [-0.1, -0.05) is 48.5 Å². The molecule has 0 radical (unpaired) electrons. The molecule has 0 fully saturated rings. The SMILES string of the molecule is O=C(O)CSCCNC(=O)c1occc1NC(=O)OCC1c2ccccc2-c2ccccc21. The van der Waals surface area contributed by atoms with E-state index in [1.165, 1.54) is 24.1 Å². The number of benzene rings is 2. The Morgan fingerprint density at radius 2 is 1.67 bits per heavy atom. The zero-order valence-corrected chi connectivity index (χ0v) is 18.4. The minimum atomic E-state index is -0.910. The lowest BCUT2D eigenvalue weighted by atomic mass is 9.98. The van der Waals surface area contributed by atoms with E-state index in [0.29, 0.717) is 5.75 Å². The zero-order valence-electron chi connectivity index (χ0n) is 17.6. The van der Waals surface area contributed by atoms with Crippen LogP contribution in [0, 0.1) is 0 Å². The smallest absolute Gasteiger partial charge is 0.411 e. The fourth-order valence-electron chi connectivity index (χ4n) is 3.80. The number of fused-ring (bicyclic) bond motifs is 3. The van der Waals surface area contributed by atoms with Crippen molar-refractivity contribution in [2.75, 3.05) is 30.0 Å². The minimum Gasteiger partial charge on any atom is -0.481 e. The predicted molar refractivity (Wildman–Crippen MR) is 125 cm³/mol. The maximum absolute atomic E-state index is 12.5. The molecule has 1 aliphatic rings. The van der Waals surface area contributed by atoms with Gasteiger partial charge in [0.05, 0.1) is 17.7 Å².